The second kappa shape index (κ2) is 10.7. The highest BCUT2D eigenvalue weighted by Crippen LogP contribution is 2.34. The van der Waals surface area contributed by atoms with Crippen molar-refractivity contribution in [2.24, 2.45) is 0 Å². The van der Waals surface area contributed by atoms with Crippen LogP contribution in [0.5, 0.6) is 11.5 Å². The maximum Gasteiger partial charge on any atom is 0.248 e. The Bertz CT molecular complexity index is 1320. The van der Waals surface area contributed by atoms with Crippen LogP contribution in [0.3, 0.4) is 0 Å². The first kappa shape index (κ1) is 24.3. The van der Waals surface area contributed by atoms with Crippen molar-refractivity contribution in [2.75, 3.05) is 41.8 Å². The van der Waals surface area contributed by atoms with Crippen LogP contribution in [-0.4, -0.2) is 46.9 Å². The van der Waals surface area contributed by atoms with Gasteiger partial charge in [0.1, 0.15) is 19.8 Å². The minimum atomic E-state index is -3.71. The molecule has 0 unspecified atom stereocenters. The Balaban J connectivity index is 1.65. The zero-order valence-corrected chi connectivity index (χ0v) is 20.6. The van der Waals surface area contributed by atoms with Crippen LogP contribution in [-0.2, 0) is 14.8 Å². The quantitative estimate of drug-likeness (QED) is 0.469. The lowest BCUT2D eigenvalue weighted by Crippen LogP contribution is -2.43. The van der Waals surface area contributed by atoms with Gasteiger partial charge in [-0.15, -0.1) is 0 Å². The first-order chi connectivity index (χ1) is 16.8. The molecule has 4 rings (SSSR count). The summed E-state index contributed by atoms with van der Waals surface area (Å²) in [6, 6.07) is 22.2. The number of nitrogens with zero attached hydrogens (tertiary/aromatic N) is 2. The molecule has 0 spiro atoms. The number of carbonyl (C=O) groups is 1. The summed E-state index contributed by atoms with van der Waals surface area (Å²) in [4.78, 5) is 15.2. The van der Waals surface area contributed by atoms with Crippen LogP contribution >= 0.6 is 0 Å². The van der Waals surface area contributed by atoms with Crippen LogP contribution in [0.25, 0.3) is 6.08 Å². The van der Waals surface area contributed by atoms with Gasteiger partial charge in [0.25, 0.3) is 0 Å². The van der Waals surface area contributed by atoms with Crippen molar-refractivity contribution in [1.29, 1.82) is 0 Å². The molecule has 0 atom stereocenters. The van der Waals surface area contributed by atoms with Gasteiger partial charge < -0.3 is 14.4 Å². The molecule has 35 heavy (non-hydrogen) atoms. The summed E-state index contributed by atoms with van der Waals surface area (Å²) >= 11 is 0. The summed E-state index contributed by atoms with van der Waals surface area (Å²) in [7, 11) is -3.71. The third-order valence-corrected chi connectivity index (χ3v) is 6.73. The third kappa shape index (κ3) is 6.02. The number of para-hydroxylation sites is 1. The molecule has 1 aliphatic rings. The SMILES string of the molecule is Cc1ccccc1N(CC(=O)N(C/C=C/c1ccccc1)c1ccc2c(c1)OCCO2)S(C)(=O)=O. The Morgan fingerprint density at radius 2 is 1.63 bits per heavy atom. The van der Waals surface area contributed by atoms with Crippen LogP contribution in [0.15, 0.2) is 78.9 Å². The summed E-state index contributed by atoms with van der Waals surface area (Å²) in [6.07, 6.45) is 4.91. The average molecular weight is 493 g/mol. The largest absolute Gasteiger partial charge is 0.486 e. The van der Waals surface area contributed by atoms with Crippen LogP contribution < -0.4 is 18.7 Å². The predicted molar refractivity (Wildman–Crippen MR) is 139 cm³/mol. The number of carbonyl (C=O) groups excluding carboxylic acids is 1. The van der Waals surface area contributed by atoms with Gasteiger partial charge in [0, 0.05) is 18.3 Å². The van der Waals surface area contributed by atoms with Gasteiger partial charge in [0.05, 0.1) is 11.9 Å². The highest BCUT2D eigenvalue weighted by molar-refractivity contribution is 7.92. The number of rotatable bonds is 8. The molecule has 0 aromatic heterocycles. The third-order valence-electron chi connectivity index (χ3n) is 5.60. The van der Waals surface area contributed by atoms with E-state index in [9.17, 15) is 13.2 Å². The van der Waals surface area contributed by atoms with Crippen molar-refractivity contribution in [2.45, 2.75) is 6.92 Å². The van der Waals surface area contributed by atoms with Gasteiger partial charge in [-0.25, -0.2) is 8.42 Å². The number of fused-ring (bicyclic) bond motifs is 1. The number of sulfonamides is 1. The van der Waals surface area contributed by atoms with E-state index in [2.05, 4.69) is 0 Å². The molecular weight excluding hydrogens is 464 g/mol. The van der Waals surface area contributed by atoms with E-state index in [1.54, 1.807) is 35.2 Å². The number of amides is 1. The van der Waals surface area contributed by atoms with Crippen molar-refractivity contribution in [3.63, 3.8) is 0 Å². The number of aryl methyl sites for hydroxylation is 1. The summed E-state index contributed by atoms with van der Waals surface area (Å²) in [5.74, 6) is 0.801. The normalized spacial score (nSPS) is 13.0. The molecule has 0 saturated carbocycles. The highest BCUT2D eigenvalue weighted by atomic mass is 32.2. The van der Waals surface area contributed by atoms with Gasteiger partial charge in [-0.2, -0.15) is 0 Å². The molecule has 1 heterocycles. The zero-order chi connectivity index (χ0) is 24.8. The number of benzene rings is 3. The first-order valence-corrected chi connectivity index (χ1v) is 13.1. The van der Waals surface area contributed by atoms with Gasteiger partial charge in [-0.3, -0.25) is 9.10 Å². The van der Waals surface area contributed by atoms with Gasteiger partial charge in [0.2, 0.25) is 15.9 Å². The molecule has 0 bridgehead atoms. The monoisotopic (exact) mass is 492 g/mol. The van der Waals surface area contributed by atoms with E-state index >= 15 is 0 Å². The Kier molecular flexibility index (Phi) is 7.41. The van der Waals surface area contributed by atoms with E-state index in [-0.39, 0.29) is 19.0 Å². The maximum absolute atomic E-state index is 13.6. The predicted octanol–water partition coefficient (Wildman–Crippen LogP) is 4.28. The molecule has 182 valence electrons. The fourth-order valence-electron chi connectivity index (χ4n) is 3.84. The van der Waals surface area contributed by atoms with E-state index in [1.165, 1.54) is 0 Å². The number of hydrogen-bond donors (Lipinski definition) is 0. The van der Waals surface area contributed by atoms with E-state index < -0.39 is 10.0 Å². The van der Waals surface area contributed by atoms with E-state index in [4.69, 9.17) is 9.47 Å². The van der Waals surface area contributed by atoms with Crippen molar-refractivity contribution >= 4 is 33.4 Å². The smallest absolute Gasteiger partial charge is 0.248 e. The Morgan fingerprint density at radius 3 is 2.34 bits per heavy atom. The van der Waals surface area contributed by atoms with Crippen molar-refractivity contribution < 1.29 is 22.7 Å². The summed E-state index contributed by atoms with van der Waals surface area (Å²) in [6.45, 7) is 2.62. The second-order valence-corrected chi connectivity index (χ2v) is 10.1. The molecule has 0 saturated heterocycles. The molecule has 0 fully saturated rings. The Labute approximate surface area is 206 Å². The lowest BCUT2D eigenvalue weighted by atomic mass is 10.2. The fourth-order valence-corrected chi connectivity index (χ4v) is 4.75. The molecule has 7 nitrogen and oxygen atoms in total. The fraction of sp³-hybridized carbons (Fsp3) is 0.222. The summed E-state index contributed by atoms with van der Waals surface area (Å²) in [5, 5.41) is 0. The molecule has 0 aliphatic carbocycles. The van der Waals surface area contributed by atoms with Gasteiger partial charge in [-0.1, -0.05) is 60.7 Å². The average Bonchev–Trinajstić information content (AvgIpc) is 2.85. The summed E-state index contributed by atoms with van der Waals surface area (Å²) in [5.41, 5.74) is 2.83. The van der Waals surface area contributed by atoms with E-state index in [0.29, 0.717) is 36.1 Å². The standard InChI is InChI=1S/C27H28N2O5S/c1-21-9-6-7-13-24(21)29(35(2,31)32)20-27(30)28(16-8-12-22-10-4-3-5-11-22)23-14-15-25-26(19-23)34-18-17-33-25/h3-15,19H,16-18,20H2,1-2H3/b12-8+. The van der Waals surface area contributed by atoms with E-state index in [0.717, 1.165) is 21.7 Å². The number of hydrogen-bond acceptors (Lipinski definition) is 5. The van der Waals surface area contributed by atoms with Crippen LogP contribution in [0.2, 0.25) is 0 Å². The molecule has 1 aliphatic heterocycles. The van der Waals surface area contributed by atoms with Crippen molar-refractivity contribution in [1.82, 2.24) is 0 Å². The van der Waals surface area contributed by atoms with Gasteiger partial charge in [0.15, 0.2) is 11.5 Å². The van der Waals surface area contributed by atoms with Crippen molar-refractivity contribution in [3.05, 3.63) is 90.0 Å². The van der Waals surface area contributed by atoms with Crippen LogP contribution in [0.1, 0.15) is 11.1 Å². The minimum absolute atomic E-state index is 0.249. The number of ether oxygens (including phenoxy) is 2. The second-order valence-electron chi connectivity index (χ2n) is 8.20. The first-order valence-electron chi connectivity index (χ1n) is 11.3. The van der Waals surface area contributed by atoms with Crippen LogP contribution in [0.4, 0.5) is 11.4 Å². The highest BCUT2D eigenvalue weighted by Gasteiger charge is 2.26. The molecule has 0 N–H and O–H groups in total. The molecular formula is C27H28N2O5S. The number of anilines is 2. The summed E-state index contributed by atoms with van der Waals surface area (Å²) < 4.78 is 37.8. The Hall–Kier alpha value is -3.78. The molecule has 3 aromatic rings. The lowest BCUT2D eigenvalue weighted by Gasteiger charge is -2.28. The van der Waals surface area contributed by atoms with Gasteiger partial charge >= 0.3 is 0 Å². The van der Waals surface area contributed by atoms with E-state index in [1.807, 2.05) is 61.5 Å². The topological polar surface area (TPSA) is 76.2 Å². The maximum atomic E-state index is 13.6. The molecule has 8 heteroatoms. The molecule has 3 aromatic carbocycles. The minimum Gasteiger partial charge on any atom is -0.486 e. The molecule has 0 radical (unpaired) electrons. The van der Waals surface area contributed by atoms with Gasteiger partial charge in [-0.05, 0) is 36.2 Å². The zero-order valence-electron chi connectivity index (χ0n) is 19.8. The Morgan fingerprint density at radius 1 is 0.943 bits per heavy atom. The lowest BCUT2D eigenvalue weighted by molar-refractivity contribution is -0.117. The van der Waals surface area contributed by atoms with Crippen molar-refractivity contribution in [3.8, 4) is 11.5 Å². The van der Waals surface area contributed by atoms with Crippen LogP contribution in [0, 0.1) is 6.92 Å². The molecule has 1 amide bonds.